The van der Waals surface area contributed by atoms with Crippen molar-refractivity contribution in [2.75, 3.05) is 23.7 Å². The van der Waals surface area contributed by atoms with E-state index in [1.165, 1.54) is 29.2 Å². The fourth-order valence-corrected chi connectivity index (χ4v) is 4.30. The summed E-state index contributed by atoms with van der Waals surface area (Å²) in [5, 5.41) is 2.82. The van der Waals surface area contributed by atoms with E-state index in [1.54, 1.807) is 26.0 Å². The molecule has 9 heteroatoms. The molecular formula is C25H34FN3O4S. The van der Waals surface area contributed by atoms with Crippen molar-refractivity contribution in [3.05, 3.63) is 65.0 Å². The van der Waals surface area contributed by atoms with E-state index in [9.17, 15) is 22.4 Å². The molecule has 1 atom stereocenters. The maximum Gasteiger partial charge on any atom is 0.244 e. The van der Waals surface area contributed by atoms with Crippen molar-refractivity contribution < 1.29 is 22.4 Å². The van der Waals surface area contributed by atoms with E-state index in [-0.39, 0.29) is 18.4 Å². The van der Waals surface area contributed by atoms with Gasteiger partial charge in [-0.3, -0.25) is 13.9 Å². The molecule has 0 saturated heterocycles. The highest BCUT2D eigenvalue weighted by atomic mass is 32.2. The highest BCUT2D eigenvalue weighted by molar-refractivity contribution is 7.92. The molecule has 0 radical (unpaired) electrons. The molecule has 2 rings (SSSR count). The van der Waals surface area contributed by atoms with Gasteiger partial charge in [-0.1, -0.05) is 38.1 Å². The quantitative estimate of drug-likeness (QED) is 0.552. The first-order chi connectivity index (χ1) is 15.8. The Morgan fingerprint density at radius 3 is 2.21 bits per heavy atom. The van der Waals surface area contributed by atoms with Gasteiger partial charge < -0.3 is 10.2 Å². The van der Waals surface area contributed by atoms with Crippen LogP contribution in [0.2, 0.25) is 0 Å². The second-order valence-corrected chi connectivity index (χ2v) is 10.9. The van der Waals surface area contributed by atoms with Crippen molar-refractivity contribution in [3.8, 4) is 0 Å². The third-order valence-electron chi connectivity index (χ3n) is 5.43. The Hall–Kier alpha value is -2.94. The molecular weight excluding hydrogens is 457 g/mol. The Labute approximate surface area is 202 Å². The number of carbonyl (C=O) groups excluding carboxylic acids is 2. The molecule has 0 bridgehead atoms. The Kier molecular flexibility index (Phi) is 9.21. The number of hydrogen-bond acceptors (Lipinski definition) is 4. The molecule has 0 saturated carbocycles. The number of rotatable bonds is 10. The predicted octanol–water partition coefficient (Wildman–Crippen LogP) is 3.40. The zero-order valence-corrected chi connectivity index (χ0v) is 21.4. The summed E-state index contributed by atoms with van der Waals surface area (Å²) in [6.07, 6.45) is 1.05. The van der Waals surface area contributed by atoms with Gasteiger partial charge in [0.25, 0.3) is 0 Å². The zero-order chi connectivity index (χ0) is 25.6. The van der Waals surface area contributed by atoms with Gasteiger partial charge in [0.1, 0.15) is 18.4 Å². The minimum absolute atomic E-state index is 0.0276. The summed E-state index contributed by atoms with van der Waals surface area (Å²) >= 11 is 0. The van der Waals surface area contributed by atoms with Gasteiger partial charge >= 0.3 is 0 Å². The summed E-state index contributed by atoms with van der Waals surface area (Å²) in [6, 6.07) is 10.1. The SMILES string of the molecule is Cc1ccc(C)c(N(CC(=O)N(Cc2ccc(F)cc2)[C@H](C)C(=O)NCC(C)C)S(C)(=O)=O)c1. The fourth-order valence-electron chi connectivity index (χ4n) is 3.40. The standard InChI is InChI=1S/C25H34FN3O4S/c1-17(2)14-27-25(31)20(5)28(15-21-9-11-22(26)12-10-21)24(30)16-29(34(6,32)33)23-13-18(3)7-8-19(23)4/h7-13,17,20H,14-16H2,1-6H3,(H,27,31)/t20-/m1/s1. The molecule has 2 aromatic carbocycles. The predicted molar refractivity (Wildman–Crippen MR) is 132 cm³/mol. The second kappa shape index (κ2) is 11.5. The molecule has 0 aliphatic rings. The number of halogens is 1. The highest BCUT2D eigenvalue weighted by Gasteiger charge is 2.30. The molecule has 0 aliphatic heterocycles. The van der Waals surface area contributed by atoms with E-state index in [0.717, 1.165) is 16.1 Å². The van der Waals surface area contributed by atoms with Crippen LogP contribution in [-0.4, -0.2) is 50.5 Å². The number of nitrogens with zero attached hydrogens (tertiary/aromatic N) is 2. The third-order valence-corrected chi connectivity index (χ3v) is 6.56. The smallest absolute Gasteiger partial charge is 0.244 e. The summed E-state index contributed by atoms with van der Waals surface area (Å²) in [5.41, 5.74) is 2.59. The minimum atomic E-state index is -3.80. The molecule has 0 aromatic heterocycles. The van der Waals surface area contributed by atoms with E-state index >= 15 is 0 Å². The monoisotopic (exact) mass is 491 g/mol. The molecule has 1 N–H and O–H groups in total. The molecule has 0 aliphatic carbocycles. The summed E-state index contributed by atoms with van der Waals surface area (Å²) in [6.45, 7) is 9.13. The van der Waals surface area contributed by atoms with E-state index in [4.69, 9.17) is 0 Å². The lowest BCUT2D eigenvalue weighted by molar-refractivity contribution is -0.139. The van der Waals surface area contributed by atoms with Crippen molar-refractivity contribution in [2.24, 2.45) is 5.92 Å². The first-order valence-electron chi connectivity index (χ1n) is 11.2. The molecule has 0 heterocycles. The van der Waals surface area contributed by atoms with Gasteiger partial charge in [-0.05, 0) is 61.6 Å². The molecule has 2 aromatic rings. The Bertz CT molecular complexity index is 1120. The number of anilines is 1. The van der Waals surface area contributed by atoms with Gasteiger partial charge in [0.05, 0.1) is 11.9 Å². The average Bonchev–Trinajstić information content (AvgIpc) is 2.75. The summed E-state index contributed by atoms with van der Waals surface area (Å²) < 4.78 is 39.8. The van der Waals surface area contributed by atoms with Crippen molar-refractivity contribution in [3.63, 3.8) is 0 Å². The minimum Gasteiger partial charge on any atom is -0.354 e. The molecule has 0 unspecified atom stereocenters. The summed E-state index contributed by atoms with van der Waals surface area (Å²) in [4.78, 5) is 27.6. The van der Waals surface area contributed by atoms with Crippen LogP contribution in [0.15, 0.2) is 42.5 Å². The third kappa shape index (κ3) is 7.55. The number of sulfonamides is 1. The van der Waals surface area contributed by atoms with Crippen molar-refractivity contribution >= 4 is 27.5 Å². The number of nitrogens with one attached hydrogen (secondary N) is 1. The van der Waals surface area contributed by atoms with Gasteiger partial charge in [0, 0.05) is 13.1 Å². The van der Waals surface area contributed by atoms with E-state index in [0.29, 0.717) is 23.4 Å². The Morgan fingerprint density at radius 1 is 1.03 bits per heavy atom. The van der Waals surface area contributed by atoms with Crippen molar-refractivity contribution in [1.82, 2.24) is 10.2 Å². The van der Waals surface area contributed by atoms with Gasteiger partial charge in [-0.15, -0.1) is 0 Å². The maximum absolute atomic E-state index is 13.5. The molecule has 0 spiro atoms. The van der Waals surface area contributed by atoms with Gasteiger partial charge in [0.15, 0.2) is 0 Å². The number of amides is 2. The van der Waals surface area contributed by atoms with Crippen molar-refractivity contribution in [2.45, 2.75) is 47.2 Å². The zero-order valence-electron chi connectivity index (χ0n) is 20.6. The average molecular weight is 492 g/mol. The topological polar surface area (TPSA) is 86.8 Å². The van der Waals surface area contributed by atoms with Crippen LogP contribution in [0.4, 0.5) is 10.1 Å². The van der Waals surface area contributed by atoms with Gasteiger partial charge in [0.2, 0.25) is 21.8 Å². The maximum atomic E-state index is 13.5. The molecule has 34 heavy (non-hydrogen) atoms. The van der Waals surface area contributed by atoms with Gasteiger partial charge in [-0.2, -0.15) is 0 Å². The van der Waals surface area contributed by atoms with Crippen LogP contribution < -0.4 is 9.62 Å². The largest absolute Gasteiger partial charge is 0.354 e. The highest BCUT2D eigenvalue weighted by Crippen LogP contribution is 2.24. The molecule has 186 valence electrons. The first-order valence-corrected chi connectivity index (χ1v) is 13.0. The fraction of sp³-hybridized carbons (Fsp3) is 0.440. The van der Waals surface area contributed by atoms with E-state index in [2.05, 4.69) is 5.32 Å². The number of benzene rings is 2. The lowest BCUT2D eigenvalue weighted by Crippen LogP contribution is -2.51. The van der Waals surface area contributed by atoms with Crippen LogP contribution >= 0.6 is 0 Å². The lowest BCUT2D eigenvalue weighted by atomic mass is 10.1. The summed E-state index contributed by atoms with van der Waals surface area (Å²) in [5.74, 6) is -1.07. The molecule has 7 nitrogen and oxygen atoms in total. The second-order valence-electron chi connectivity index (χ2n) is 9.02. The molecule has 0 fully saturated rings. The molecule has 2 amide bonds. The Morgan fingerprint density at radius 2 is 1.65 bits per heavy atom. The Balaban J connectivity index is 2.40. The van der Waals surface area contributed by atoms with Crippen LogP contribution in [0.25, 0.3) is 0 Å². The van der Waals surface area contributed by atoms with Crippen LogP contribution in [0, 0.1) is 25.6 Å². The summed E-state index contributed by atoms with van der Waals surface area (Å²) in [7, 11) is -3.80. The van der Waals surface area contributed by atoms with Crippen LogP contribution in [0.1, 0.15) is 37.5 Å². The van der Waals surface area contributed by atoms with Crippen LogP contribution in [0.5, 0.6) is 0 Å². The number of aryl methyl sites for hydroxylation is 2. The van der Waals surface area contributed by atoms with Crippen LogP contribution in [0.3, 0.4) is 0 Å². The van der Waals surface area contributed by atoms with Crippen molar-refractivity contribution in [1.29, 1.82) is 0 Å². The lowest BCUT2D eigenvalue weighted by Gasteiger charge is -2.32. The van der Waals surface area contributed by atoms with E-state index in [1.807, 2.05) is 26.8 Å². The van der Waals surface area contributed by atoms with Gasteiger partial charge in [-0.25, -0.2) is 12.8 Å². The normalized spacial score (nSPS) is 12.4. The first kappa shape index (κ1) is 27.3. The number of hydrogen-bond donors (Lipinski definition) is 1. The number of carbonyl (C=O) groups is 2. The van der Waals surface area contributed by atoms with E-state index < -0.39 is 34.3 Å². The van der Waals surface area contributed by atoms with Crippen LogP contribution in [-0.2, 0) is 26.2 Å².